The maximum Gasteiger partial charge on any atom is 0.137 e. The van der Waals surface area contributed by atoms with Gasteiger partial charge in [0, 0.05) is 50.3 Å². The molecule has 0 spiro atoms. The third kappa shape index (κ3) is 4.04. The van der Waals surface area contributed by atoms with Crippen molar-refractivity contribution in [3.05, 3.63) is 84.4 Å². The number of methoxy groups -OCH3 is 1. The van der Waals surface area contributed by atoms with Gasteiger partial charge in [-0.15, -0.1) is 0 Å². The highest BCUT2D eigenvalue weighted by molar-refractivity contribution is 5.63. The van der Waals surface area contributed by atoms with Gasteiger partial charge in [-0.05, 0) is 49.0 Å². The van der Waals surface area contributed by atoms with Gasteiger partial charge in [-0.1, -0.05) is 18.2 Å². The number of imidazole rings is 1. The number of benzene rings is 1. The summed E-state index contributed by atoms with van der Waals surface area (Å²) in [7, 11) is 3.91. The average molecular weight is 414 g/mol. The third-order valence-electron chi connectivity index (χ3n) is 6.10. The van der Waals surface area contributed by atoms with Crippen molar-refractivity contribution < 1.29 is 4.74 Å². The normalized spacial score (nSPS) is 17.8. The van der Waals surface area contributed by atoms with Crippen molar-refractivity contribution in [2.45, 2.75) is 12.6 Å². The SMILES string of the molecule is COc1cccc(CN2CCN(C)C(c3cn4c(-c5ccncc5)cccc4n3)C2)c1. The quantitative estimate of drug-likeness (QED) is 0.497. The fourth-order valence-electron chi connectivity index (χ4n) is 4.37. The zero-order valence-corrected chi connectivity index (χ0v) is 18.0. The van der Waals surface area contributed by atoms with Gasteiger partial charge in [0.1, 0.15) is 11.4 Å². The van der Waals surface area contributed by atoms with Crippen molar-refractivity contribution in [2.75, 3.05) is 33.8 Å². The number of rotatable bonds is 5. The molecule has 158 valence electrons. The third-order valence-corrected chi connectivity index (χ3v) is 6.10. The van der Waals surface area contributed by atoms with Crippen LogP contribution in [0.4, 0.5) is 0 Å². The molecule has 0 saturated carbocycles. The van der Waals surface area contributed by atoms with E-state index in [2.05, 4.69) is 68.8 Å². The van der Waals surface area contributed by atoms with E-state index in [4.69, 9.17) is 9.72 Å². The van der Waals surface area contributed by atoms with Crippen LogP contribution in [0.1, 0.15) is 17.3 Å². The summed E-state index contributed by atoms with van der Waals surface area (Å²) in [6.45, 7) is 3.92. The zero-order valence-electron chi connectivity index (χ0n) is 18.0. The second kappa shape index (κ2) is 8.49. The van der Waals surface area contributed by atoms with Crippen molar-refractivity contribution in [3.8, 4) is 17.0 Å². The summed E-state index contributed by atoms with van der Waals surface area (Å²) >= 11 is 0. The molecule has 1 fully saturated rings. The van der Waals surface area contributed by atoms with Crippen LogP contribution in [-0.4, -0.2) is 58.0 Å². The first-order chi connectivity index (χ1) is 15.2. The molecule has 0 N–H and O–H groups in total. The van der Waals surface area contributed by atoms with Crippen LogP contribution in [0.2, 0.25) is 0 Å². The molecule has 31 heavy (non-hydrogen) atoms. The number of fused-ring (bicyclic) bond motifs is 1. The molecule has 1 aliphatic rings. The number of piperazine rings is 1. The molecule has 6 nitrogen and oxygen atoms in total. The van der Waals surface area contributed by atoms with Crippen LogP contribution in [0.15, 0.2) is 73.2 Å². The summed E-state index contributed by atoms with van der Waals surface area (Å²) < 4.78 is 7.58. The molecule has 1 aromatic carbocycles. The van der Waals surface area contributed by atoms with Crippen molar-refractivity contribution in [1.82, 2.24) is 24.2 Å². The Kier molecular flexibility index (Phi) is 5.40. The van der Waals surface area contributed by atoms with E-state index in [9.17, 15) is 0 Å². The lowest BCUT2D eigenvalue weighted by Crippen LogP contribution is -2.46. The van der Waals surface area contributed by atoms with Crippen LogP contribution in [-0.2, 0) is 6.54 Å². The van der Waals surface area contributed by atoms with E-state index < -0.39 is 0 Å². The summed E-state index contributed by atoms with van der Waals surface area (Å²) in [5.41, 5.74) is 5.63. The fraction of sp³-hybridized carbons (Fsp3) is 0.280. The summed E-state index contributed by atoms with van der Waals surface area (Å²) in [6, 6.07) is 19.0. The number of pyridine rings is 2. The summed E-state index contributed by atoms with van der Waals surface area (Å²) in [6.07, 6.45) is 5.86. The van der Waals surface area contributed by atoms with Gasteiger partial charge in [0.2, 0.25) is 0 Å². The Morgan fingerprint density at radius 3 is 2.71 bits per heavy atom. The maximum absolute atomic E-state index is 5.39. The van der Waals surface area contributed by atoms with E-state index in [0.717, 1.165) is 54.5 Å². The molecule has 0 aliphatic carbocycles. The maximum atomic E-state index is 5.39. The Morgan fingerprint density at radius 2 is 1.87 bits per heavy atom. The van der Waals surface area contributed by atoms with E-state index in [1.807, 2.05) is 30.6 Å². The minimum absolute atomic E-state index is 0.254. The number of hydrogen-bond acceptors (Lipinski definition) is 5. The first kappa shape index (κ1) is 19.7. The minimum Gasteiger partial charge on any atom is -0.497 e. The van der Waals surface area contributed by atoms with Crippen LogP contribution in [0.5, 0.6) is 5.75 Å². The summed E-state index contributed by atoms with van der Waals surface area (Å²) in [5, 5.41) is 0. The van der Waals surface area contributed by atoms with Crippen LogP contribution in [0.25, 0.3) is 16.9 Å². The minimum atomic E-state index is 0.254. The second-order valence-corrected chi connectivity index (χ2v) is 8.12. The van der Waals surface area contributed by atoms with Gasteiger partial charge in [-0.2, -0.15) is 0 Å². The van der Waals surface area contributed by atoms with Gasteiger partial charge in [-0.25, -0.2) is 4.98 Å². The fourth-order valence-corrected chi connectivity index (χ4v) is 4.37. The largest absolute Gasteiger partial charge is 0.497 e. The first-order valence-corrected chi connectivity index (χ1v) is 10.7. The number of aromatic nitrogens is 3. The molecule has 3 aromatic heterocycles. The molecule has 0 radical (unpaired) electrons. The van der Waals surface area contributed by atoms with Gasteiger partial charge in [0.05, 0.1) is 24.5 Å². The number of hydrogen-bond donors (Lipinski definition) is 0. The van der Waals surface area contributed by atoms with E-state index in [1.54, 1.807) is 7.11 Å². The van der Waals surface area contributed by atoms with Crippen LogP contribution >= 0.6 is 0 Å². The molecule has 0 bridgehead atoms. The highest BCUT2D eigenvalue weighted by Crippen LogP contribution is 2.28. The standard InChI is InChI=1S/C25H27N5O/c1-28-13-14-29(16-19-5-3-6-21(15-19)31-2)18-24(28)22-17-30-23(7-4-8-25(30)27-22)20-9-11-26-12-10-20/h3-12,15,17,24H,13-14,16,18H2,1-2H3. The zero-order chi connectivity index (χ0) is 21.2. The monoisotopic (exact) mass is 413 g/mol. The Hall–Kier alpha value is -3.22. The Bertz CT molecular complexity index is 1170. The van der Waals surface area contributed by atoms with Crippen LogP contribution in [0, 0.1) is 0 Å². The highest BCUT2D eigenvalue weighted by atomic mass is 16.5. The molecular formula is C25H27N5O. The molecule has 4 heterocycles. The summed E-state index contributed by atoms with van der Waals surface area (Å²) in [4.78, 5) is 14.1. The molecular weight excluding hydrogens is 386 g/mol. The Balaban J connectivity index is 1.42. The molecule has 1 aliphatic heterocycles. The van der Waals surface area contributed by atoms with Crippen molar-refractivity contribution in [2.24, 2.45) is 0 Å². The lowest BCUT2D eigenvalue weighted by Gasteiger charge is -2.38. The predicted molar refractivity (Wildman–Crippen MR) is 122 cm³/mol. The van der Waals surface area contributed by atoms with E-state index in [-0.39, 0.29) is 6.04 Å². The molecule has 0 amide bonds. The lowest BCUT2D eigenvalue weighted by atomic mass is 10.1. The molecule has 1 saturated heterocycles. The number of ether oxygens (including phenoxy) is 1. The van der Waals surface area contributed by atoms with Crippen LogP contribution in [0.3, 0.4) is 0 Å². The van der Waals surface area contributed by atoms with Crippen molar-refractivity contribution in [1.29, 1.82) is 0 Å². The van der Waals surface area contributed by atoms with Gasteiger partial charge in [0.25, 0.3) is 0 Å². The molecule has 4 aromatic rings. The van der Waals surface area contributed by atoms with E-state index in [0.29, 0.717) is 0 Å². The molecule has 5 rings (SSSR count). The Morgan fingerprint density at radius 1 is 1.03 bits per heavy atom. The Labute approximate surface area is 182 Å². The highest BCUT2D eigenvalue weighted by Gasteiger charge is 2.28. The molecule has 6 heteroatoms. The predicted octanol–water partition coefficient (Wildman–Crippen LogP) is 3.89. The molecule has 1 unspecified atom stereocenters. The van der Waals surface area contributed by atoms with Crippen molar-refractivity contribution in [3.63, 3.8) is 0 Å². The van der Waals surface area contributed by atoms with Crippen LogP contribution < -0.4 is 4.74 Å². The molecule has 1 atom stereocenters. The van der Waals surface area contributed by atoms with E-state index in [1.165, 1.54) is 5.56 Å². The number of likely N-dealkylation sites (N-methyl/N-ethyl adjacent to an activating group) is 1. The summed E-state index contributed by atoms with van der Waals surface area (Å²) in [5.74, 6) is 0.909. The number of nitrogens with zero attached hydrogens (tertiary/aromatic N) is 5. The van der Waals surface area contributed by atoms with Gasteiger partial charge < -0.3 is 4.74 Å². The lowest BCUT2D eigenvalue weighted by molar-refractivity contribution is 0.0885. The van der Waals surface area contributed by atoms with Gasteiger partial charge in [0.15, 0.2) is 0 Å². The first-order valence-electron chi connectivity index (χ1n) is 10.7. The van der Waals surface area contributed by atoms with Crippen molar-refractivity contribution >= 4 is 5.65 Å². The average Bonchev–Trinajstić information content (AvgIpc) is 3.25. The smallest absolute Gasteiger partial charge is 0.137 e. The second-order valence-electron chi connectivity index (χ2n) is 8.12. The van der Waals surface area contributed by atoms with E-state index >= 15 is 0 Å². The van der Waals surface area contributed by atoms with Gasteiger partial charge >= 0.3 is 0 Å². The van der Waals surface area contributed by atoms with Gasteiger partial charge in [-0.3, -0.25) is 19.2 Å². The topological polar surface area (TPSA) is 45.9 Å².